The maximum Gasteiger partial charge on any atom is 0.178 e. The molecule has 0 atom stereocenters. The SMILES string of the molecule is Cc1c(C(C)C)cc(F)c2c1NCCO2. The molecule has 0 bridgehead atoms. The van der Waals surface area contributed by atoms with Crippen LogP contribution in [0.25, 0.3) is 0 Å². The van der Waals surface area contributed by atoms with Gasteiger partial charge in [-0.1, -0.05) is 13.8 Å². The lowest BCUT2D eigenvalue weighted by molar-refractivity contribution is 0.305. The normalized spacial score (nSPS) is 14.5. The first-order chi connectivity index (χ1) is 7.11. The van der Waals surface area contributed by atoms with Gasteiger partial charge in [0.25, 0.3) is 0 Å². The van der Waals surface area contributed by atoms with Gasteiger partial charge in [-0.15, -0.1) is 0 Å². The van der Waals surface area contributed by atoms with Crippen molar-refractivity contribution in [3.05, 3.63) is 23.0 Å². The molecule has 0 saturated carbocycles. The third-order valence-corrected chi connectivity index (χ3v) is 2.81. The molecule has 1 aromatic carbocycles. The summed E-state index contributed by atoms with van der Waals surface area (Å²) in [5.74, 6) is 0.447. The lowest BCUT2D eigenvalue weighted by Gasteiger charge is -2.24. The van der Waals surface area contributed by atoms with Crippen LogP contribution in [0.3, 0.4) is 0 Å². The van der Waals surface area contributed by atoms with E-state index in [9.17, 15) is 4.39 Å². The minimum absolute atomic E-state index is 0.258. The standard InChI is InChI=1S/C12H16FNO/c1-7(2)9-6-10(13)12-11(8(9)3)14-4-5-15-12/h6-7,14H,4-5H2,1-3H3. The van der Waals surface area contributed by atoms with E-state index in [0.29, 0.717) is 18.3 Å². The fourth-order valence-electron chi connectivity index (χ4n) is 2.03. The van der Waals surface area contributed by atoms with Gasteiger partial charge in [-0.3, -0.25) is 0 Å². The van der Waals surface area contributed by atoms with Gasteiger partial charge in [0.1, 0.15) is 6.61 Å². The van der Waals surface area contributed by atoms with Crippen LogP contribution in [0.2, 0.25) is 0 Å². The van der Waals surface area contributed by atoms with Crippen molar-refractivity contribution in [1.82, 2.24) is 0 Å². The second kappa shape index (κ2) is 3.72. The van der Waals surface area contributed by atoms with Gasteiger partial charge in [0, 0.05) is 6.54 Å². The fourth-order valence-corrected chi connectivity index (χ4v) is 2.03. The molecule has 0 aliphatic carbocycles. The van der Waals surface area contributed by atoms with E-state index in [-0.39, 0.29) is 5.82 Å². The second-order valence-electron chi connectivity index (χ2n) is 4.21. The highest BCUT2D eigenvalue weighted by atomic mass is 19.1. The number of fused-ring (bicyclic) bond motifs is 1. The number of rotatable bonds is 1. The molecule has 1 aromatic rings. The largest absolute Gasteiger partial charge is 0.486 e. The van der Waals surface area contributed by atoms with Gasteiger partial charge in [-0.2, -0.15) is 0 Å². The van der Waals surface area contributed by atoms with Crippen molar-refractivity contribution in [2.45, 2.75) is 26.7 Å². The Labute approximate surface area is 89.4 Å². The lowest BCUT2D eigenvalue weighted by Crippen LogP contribution is -2.20. The summed E-state index contributed by atoms with van der Waals surface area (Å²) in [7, 11) is 0. The summed E-state index contributed by atoms with van der Waals surface area (Å²) in [6.07, 6.45) is 0. The monoisotopic (exact) mass is 209 g/mol. The summed E-state index contributed by atoms with van der Waals surface area (Å²) in [5.41, 5.74) is 2.97. The summed E-state index contributed by atoms with van der Waals surface area (Å²) in [4.78, 5) is 0. The van der Waals surface area contributed by atoms with Gasteiger partial charge in [0.15, 0.2) is 11.6 Å². The number of nitrogens with one attached hydrogen (secondary N) is 1. The van der Waals surface area contributed by atoms with Crippen molar-refractivity contribution in [1.29, 1.82) is 0 Å². The Hall–Kier alpha value is -1.25. The Morgan fingerprint density at radius 1 is 1.47 bits per heavy atom. The number of hydrogen-bond acceptors (Lipinski definition) is 2. The van der Waals surface area contributed by atoms with Gasteiger partial charge in [0.2, 0.25) is 0 Å². The van der Waals surface area contributed by atoms with Crippen molar-refractivity contribution < 1.29 is 9.13 Å². The Morgan fingerprint density at radius 3 is 2.87 bits per heavy atom. The van der Waals surface area contributed by atoms with Gasteiger partial charge < -0.3 is 10.1 Å². The predicted octanol–water partition coefficient (Wildman–Crippen LogP) is 3.06. The van der Waals surface area contributed by atoms with Crippen LogP contribution in [0.15, 0.2) is 6.07 Å². The Balaban J connectivity index is 2.59. The zero-order valence-electron chi connectivity index (χ0n) is 9.36. The molecule has 0 amide bonds. The van der Waals surface area contributed by atoms with Crippen molar-refractivity contribution >= 4 is 5.69 Å². The molecule has 3 heteroatoms. The van der Waals surface area contributed by atoms with Crippen LogP contribution in [0, 0.1) is 12.7 Å². The second-order valence-corrected chi connectivity index (χ2v) is 4.21. The summed E-state index contributed by atoms with van der Waals surface area (Å²) >= 11 is 0. The zero-order valence-corrected chi connectivity index (χ0v) is 9.36. The van der Waals surface area contributed by atoms with Crippen LogP contribution < -0.4 is 10.1 Å². The van der Waals surface area contributed by atoms with Crippen molar-refractivity contribution in [3.8, 4) is 5.75 Å². The van der Waals surface area contributed by atoms with Crippen LogP contribution in [-0.4, -0.2) is 13.2 Å². The Kier molecular flexibility index (Phi) is 2.55. The van der Waals surface area contributed by atoms with E-state index in [1.165, 1.54) is 0 Å². The van der Waals surface area contributed by atoms with Crippen molar-refractivity contribution in [2.75, 3.05) is 18.5 Å². The first-order valence-electron chi connectivity index (χ1n) is 5.31. The zero-order chi connectivity index (χ0) is 11.0. The maximum absolute atomic E-state index is 13.7. The van der Waals surface area contributed by atoms with Gasteiger partial charge >= 0.3 is 0 Å². The van der Waals surface area contributed by atoms with Crippen LogP contribution >= 0.6 is 0 Å². The molecule has 0 saturated heterocycles. The summed E-state index contributed by atoms with van der Waals surface area (Å²) in [6, 6.07) is 1.59. The molecule has 1 aliphatic rings. The summed E-state index contributed by atoms with van der Waals surface area (Å²) < 4.78 is 19.0. The molecule has 1 aliphatic heterocycles. The third-order valence-electron chi connectivity index (χ3n) is 2.81. The average Bonchev–Trinajstić information content (AvgIpc) is 2.23. The quantitative estimate of drug-likeness (QED) is 0.767. The Morgan fingerprint density at radius 2 is 2.20 bits per heavy atom. The van der Waals surface area contributed by atoms with Crippen LogP contribution in [-0.2, 0) is 0 Å². The molecular weight excluding hydrogens is 193 g/mol. The molecule has 15 heavy (non-hydrogen) atoms. The van der Waals surface area contributed by atoms with E-state index in [4.69, 9.17) is 4.74 Å². The fraction of sp³-hybridized carbons (Fsp3) is 0.500. The van der Waals surface area contributed by atoms with Crippen molar-refractivity contribution in [2.24, 2.45) is 0 Å². The molecule has 0 aromatic heterocycles. The van der Waals surface area contributed by atoms with E-state index >= 15 is 0 Å². The van der Waals surface area contributed by atoms with Gasteiger partial charge in [-0.25, -0.2) is 4.39 Å². The third kappa shape index (κ3) is 1.66. The molecule has 1 heterocycles. The average molecular weight is 209 g/mol. The summed E-state index contributed by atoms with van der Waals surface area (Å²) in [6.45, 7) is 7.42. The predicted molar refractivity (Wildman–Crippen MR) is 59.2 cm³/mol. The molecule has 1 N–H and O–H groups in total. The Bertz CT molecular complexity index is 388. The van der Waals surface area contributed by atoms with E-state index < -0.39 is 0 Å². The topological polar surface area (TPSA) is 21.3 Å². The molecule has 0 spiro atoms. The van der Waals surface area contributed by atoms with E-state index in [0.717, 1.165) is 23.4 Å². The van der Waals surface area contributed by atoms with E-state index in [1.807, 2.05) is 6.92 Å². The molecular formula is C12H16FNO. The number of hydrogen-bond donors (Lipinski definition) is 1. The lowest BCUT2D eigenvalue weighted by atomic mass is 9.95. The van der Waals surface area contributed by atoms with Gasteiger partial charge in [-0.05, 0) is 30.0 Å². The van der Waals surface area contributed by atoms with E-state index in [1.54, 1.807) is 6.07 Å². The van der Waals surface area contributed by atoms with Gasteiger partial charge in [0.05, 0.1) is 5.69 Å². The molecule has 82 valence electrons. The molecule has 0 unspecified atom stereocenters. The summed E-state index contributed by atoms with van der Waals surface area (Å²) in [5, 5.41) is 3.20. The van der Waals surface area contributed by atoms with E-state index in [2.05, 4.69) is 19.2 Å². The highest BCUT2D eigenvalue weighted by Crippen LogP contribution is 2.37. The minimum atomic E-state index is -0.258. The first kappa shape index (κ1) is 10.3. The molecule has 2 rings (SSSR count). The van der Waals surface area contributed by atoms with Crippen molar-refractivity contribution in [3.63, 3.8) is 0 Å². The first-order valence-corrected chi connectivity index (χ1v) is 5.31. The highest BCUT2D eigenvalue weighted by Gasteiger charge is 2.20. The number of benzene rings is 1. The number of ether oxygens (including phenoxy) is 1. The highest BCUT2D eigenvalue weighted by molar-refractivity contribution is 5.66. The molecule has 2 nitrogen and oxygen atoms in total. The molecule has 0 radical (unpaired) electrons. The van der Waals surface area contributed by atoms with Crippen LogP contribution in [0.4, 0.5) is 10.1 Å². The van der Waals surface area contributed by atoms with Crippen LogP contribution in [0.5, 0.6) is 5.75 Å². The smallest absolute Gasteiger partial charge is 0.178 e. The minimum Gasteiger partial charge on any atom is -0.486 e. The molecule has 0 fully saturated rings. The van der Waals surface area contributed by atoms with Crippen LogP contribution in [0.1, 0.15) is 30.9 Å². The number of anilines is 1. The maximum atomic E-state index is 13.7. The number of halogens is 1.